The number of methoxy groups -OCH3 is 1. The fraction of sp³-hybridized carbons (Fsp3) is 0.667. The van der Waals surface area contributed by atoms with Crippen molar-refractivity contribution in [3.05, 3.63) is 11.9 Å². The standard InChI is InChI=1S/C12H20N4O2/c1-3-16-11(8(13)7-14-16)12(17)15-9-5-4-6-10(9)18-2/h7,9-10H,3-6,13H2,1-2H3,(H,15,17). The number of hydrogen-bond donors (Lipinski definition) is 2. The summed E-state index contributed by atoms with van der Waals surface area (Å²) in [6.45, 7) is 2.55. The summed E-state index contributed by atoms with van der Waals surface area (Å²) in [6.07, 6.45) is 4.63. The average Bonchev–Trinajstić information content (AvgIpc) is 2.95. The van der Waals surface area contributed by atoms with Crippen molar-refractivity contribution >= 4 is 11.6 Å². The number of nitrogens with one attached hydrogen (secondary N) is 1. The van der Waals surface area contributed by atoms with Crippen molar-refractivity contribution in [2.75, 3.05) is 12.8 Å². The van der Waals surface area contributed by atoms with E-state index in [4.69, 9.17) is 10.5 Å². The first kappa shape index (κ1) is 12.9. The molecule has 1 aromatic rings. The monoisotopic (exact) mass is 252 g/mol. The zero-order valence-corrected chi connectivity index (χ0v) is 10.8. The molecule has 2 atom stereocenters. The highest BCUT2D eigenvalue weighted by atomic mass is 16.5. The second-order valence-corrected chi connectivity index (χ2v) is 4.55. The summed E-state index contributed by atoms with van der Waals surface area (Å²) in [5.41, 5.74) is 6.65. The molecule has 0 spiro atoms. The molecule has 0 saturated heterocycles. The minimum absolute atomic E-state index is 0.0714. The molecule has 18 heavy (non-hydrogen) atoms. The Morgan fingerprint density at radius 1 is 1.67 bits per heavy atom. The van der Waals surface area contributed by atoms with Crippen LogP contribution in [0.2, 0.25) is 0 Å². The topological polar surface area (TPSA) is 82.2 Å². The molecule has 0 aromatic carbocycles. The fourth-order valence-electron chi connectivity index (χ4n) is 2.50. The van der Waals surface area contributed by atoms with Crippen LogP contribution in [0.4, 0.5) is 5.69 Å². The Bertz CT molecular complexity index is 430. The van der Waals surface area contributed by atoms with Gasteiger partial charge in [-0.1, -0.05) is 0 Å². The van der Waals surface area contributed by atoms with E-state index < -0.39 is 0 Å². The molecule has 0 radical (unpaired) electrons. The number of aryl methyl sites for hydroxylation is 1. The molecule has 6 heteroatoms. The number of aromatic nitrogens is 2. The van der Waals surface area contributed by atoms with Gasteiger partial charge < -0.3 is 15.8 Å². The van der Waals surface area contributed by atoms with E-state index >= 15 is 0 Å². The van der Waals surface area contributed by atoms with E-state index in [9.17, 15) is 4.79 Å². The zero-order valence-electron chi connectivity index (χ0n) is 10.8. The van der Waals surface area contributed by atoms with E-state index in [1.54, 1.807) is 11.8 Å². The van der Waals surface area contributed by atoms with Gasteiger partial charge in [0.1, 0.15) is 5.69 Å². The summed E-state index contributed by atoms with van der Waals surface area (Å²) in [5, 5.41) is 7.06. The summed E-state index contributed by atoms with van der Waals surface area (Å²) in [6, 6.07) is 0.0714. The maximum absolute atomic E-state index is 12.2. The van der Waals surface area contributed by atoms with Crippen molar-refractivity contribution < 1.29 is 9.53 Å². The number of carbonyl (C=O) groups is 1. The second-order valence-electron chi connectivity index (χ2n) is 4.55. The third kappa shape index (κ3) is 2.33. The van der Waals surface area contributed by atoms with Gasteiger partial charge in [-0.05, 0) is 26.2 Å². The van der Waals surface area contributed by atoms with Crippen LogP contribution in [-0.2, 0) is 11.3 Å². The number of hydrogen-bond acceptors (Lipinski definition) is 4. The van der Waals surface area contributed by atoms with Gasteiger partial charge in [0, 0.05) is 13.7 Å². The molecule has 3 N–H and O–H groups in total. The molecule has 1 aromatic heterocycles. The van der Waals surface area contributed by atoms with E-state index in [0.717, 1.165) is 19.3 Å². The lowest BCUT2D eigenvalue weighted by Crippen LogP contribution is -2.41. The largest absolute Gasteiger partial charge is 0.396 e. The Kier molecular flexibility index (Phi) is 3.86. The van der Waals surface area contributed by atoms with Crippen LogP contribution in [0.3, 0.4) is 0 Å². The lowest BCUT2D eigenvalue weighted by Gasteiger charge is -2.19. The van der Waals surface area contributed by atoms with Gasteiger partial charge in [0.2, 0.25) is 0 Å². The van der Waals surface area contributed by atoms with Crippen molar-refractivity contribution in [2.24, 2.45) is 0 Å². The van der Waals surface area contributed by atoms with Crippen LogP contribution in [0.15, 0.2) is 6.20 Å². The van der Waals surface area contributed by atoms with Crippen LogP contribution in [-0.4, -0.2) is 34.9 Å². The first-order valence-corrected chi connectivity index (χ1v) is 6.32. The maximum atomic E-state index is 12.2. The number of anilines is 1. The van der Waals surface area contributed by atoms with Gasteiger partial charge in [-0.25, -0.2) is 0 Å². The first-order valence-electron chi connectivity index (χ1n) is 6.32. The van der Waals surface area contributed by atoms with Gasteiger partial charge in [0.15, 0.2) is 0 Å². The van der Waals surface area contributed by atoms with Crippen LogP contribution in [0.5, 0.6) is 0 Å². The molecular weight excluding hydrogens is 232 g/mol. The van der Waals surface area contributed by atoms with Gasteiger partial charge >= 0.3 is 0 Å². The predicted molar refractivity (Wildman–Crippen MR) is 68.2 cm³/mol. The molecule has 1 saturated carbocycles. The lowest BCUT2D eigenvalue weighted by atomic mass is 10.2. The van der Waals surface area contributed by atoms with Crippen LogP contribution in [0, 0.1) is 0 Å². The van der Waals surface area contributed by atoms with Gasteiger partial charge in [-0.2, -0.15) is 5.10 Å². The summed E-state index contributed by atoms with van der Waals surface area (Å²) in [5.74, 6) is -0.166. The molecule has 0 aliphatic heterocycles. The van der Waals surface area contributed by atoms with Crippen LogP contribution < -0.4 is 11.1 Å². The summed E-state index contributed by atoms with van der Waals surface area (Å²) in [4.78, 5) is 12.2. The molecule has 1 aliphatic rings. The van der Waals surface area contributed by atoms with Crippen molar-refractivity contribution in [3.63, 3.8) is 0 Å². The molecule has 0 bridgehead atoms. The highest BCUT2D eigenvalue weighted by molar-refractivity contribution is 5.97. The maximum Gasteiger partial charge on any atom is 0.272 e. The third-order valence-corrected chi connectivity index (χ3v) is 3.45. The number of nitrogens with zero attached hydrogens (tertiary/aromatic N) is 2. The Balaban J connectivity index is 2.09. The van der Waals surface area contributed by atoms with E-state index in [0.29, 0.717) is 17.9 Å². The highest BCUT2D eigenvalue weighted by Crippen LogP contribution is 2.22. The Morgan fingerprint density at radius 3 is 3.11 bits per heavy atom. The average molecular weight is 252 g/mol. The summed E-state index contributed by atoms with van der Waals surface area (Å²) < 4.78 is 6.97. The minimum Gasteiger partial charge on any atom is -0.396 e. The third-order valence-electron chi connectivity index (χ3n) is 3.45. The Morgan fingerprint density at radius 2 is 2.44 bits per heavy atom. The Hall–Kier alpha value is -1.56. The molecule has 2 rings (SSSR count). The predicted octanol–water partition coefficient (Wildman–Crippen LogP) is 0.782. The molecular formula is C12H20N4O2. The molecule has 1 fully saturated rings. The van der Waals surface area contributed by atoms with E-state index in [-0.39, 0.29) is 18.1 Å². The fourth-order valence-corrected chi connectivity index (χ4v) is 2.50. The van der Waals surface area contributed by atoms with Crippen molar-refractivity contribution in [1.82, 2.24) is 15.1 Å². The number of nitrogens with two attached hydrogens (primary N) is 1. The number of amides is 1. The Labute approximate surface area is 106 Å². The second kappa shape index (κ2) is 5.39. The molecule has 100 valence electrons. The molecule has 1 heterocycles. The molecule has 1 aliphatic carbocycles. The van der Waals surface area contributed by atoms with Crippen LogP contribution in [0.1, 0.15) is 36.7 Å². The first-order chi connectivity index (χ1) is 8.67. The van der Waals surface area contributed by atoms with Crippen LogP contribution >= 0.6 is 0 Å². The molecule has 6 nitrogen and oxygen atoms in total. The van der Waals surface area contributed by atoms with Gasteiger partial charge in [-0.3, -0.25) is 9.48 Å². The number of carbonyl (C=O) groups excluding carboxylic acids is 1. The smallest absolute Gasteiger partial charge is 0.272 e. The number of rotatable bonds is 4. The molecule has 2 unspecified atom stereocenters. The SMILES string of the molecule is CCn1ncc(N)c1C(=O)NC1CCCC1OC. The van der Waals surface area contributed by atoms with E-state index in [2.05, 4.69) is 10.4 Å². The number of nitrogen functional groups attached to an aromatic ring is 1. The van der Waals surface area contributed by atoms with Crippen LogP contribution in [0.25, 0.3) is 0 Å². The van der Waals surface area contributed by atoms with Crippen molar-refractivity contribution in [3.8, 4) is 0 Å². The number of ether oxygens (including phenoxy) is 1. The van der Waals surface area contributed by atoms with Gasteiger partial charge in [0.05, 0.1) is 24.0 Å². The van der Waals surface area contributed by atoms with Crippen molar-refractivity contribution in [2.45, 2.75) is 44.9 Å². The lowest BCUT2D eigenvalue weighted by molar-refractivity contribution is 0.0716. The zero-order chi connectivity index (χ0) is 13.1. The minimum atomic E-state index is -0.166. The quantitative estimate of drug-likeness (QED) is 0.829. The highest BCUT2D eigenvalue weighted by Gasteiger charge is 2.30. The summed E-state index contributed by atoms with van der Waals surface area (Å²) in [7, 11) is 1.68. The van der Waals surface area contributed by atoms with Gasteiger partial charge in [0.25, 0.3) is 5.91 Å². The van der Waals surface area contributed by atoms with E-state index in [1.807, 2.05) is 6.92 Å². The summed E-state index contributed by atoms with van der Waals surface area (Å²) >= 11 is 0. The molecule has 1 amide bonds. The van der Waals surface area contributed by atoms with E-state index in [1.165, 1.54) is 6.20 Å². The van der Waals surface area contributed by atoms with Crippen molar-refractivity contribution in [1.29, 1.82) is 0 Å². The normalized spacial score (nSPS) is 23.2. The van der Waals surface area contributed by atoms with Gasteiger partial charge in [-0.15, -0.1) is 0 Å².